The number of aliphatic carboxylic acids is 1. The van der Waals surface area contributed by atoms with Crippen molar-refractivity contribution in [3.63, 3.8) is 0 Å². The van der Waals surface area contributed by atoms with E-state index in [-0.39, 0.29) is 5.41 Å². The Bertz CT molecular complexity index is 115. The van der Waals surface area contributed by atoms with Gasteiger partial charge in [-0.05, 0) is 5.41 Å². The summed E-state index contributed by atoms with van der Waals surface area (Å²) in [6.07, 6.45) is 0. The van der Waals surface area contributed by atoms with Crippen LogP contribution < -0.4 is 0 Å². The molecule has 0 radical (unpaired) electrons. The lowest BCUT2D eigenvalue weighted by molar-refractivity contribution is -0.138. The summed E-state index contributed by atoms with van der Waals surface area (Å²) in [5.41, 5.74) is -0.354. The highest BCUT2D eigenvalue weighted by Crippen LogP contribution is 2.23. The summed E-state index contributed by atoms with van der Waals surface area (Å²) >= 11 is 5.49. The molecule has 0 unspecified atom stereocenters. The molecule has 0 heterocycles. The molecule has 0 saturated carbocycles. The normalized spacial score (nSPS) is 15.1. The third-order valence-corrected chi connectivity index (χ3v) is 1.82. The highest BCUT2D eigenvalue weighted by Gasteiger charge is 2.28. The predicted molar refractivity (Wildman–Crippen MR) is 36.7 cm³/mol. The summed E-state index contributed by atoms with van der Waals surface area (Å²) in [5, 5.41) is 7.59. The number of hydrogen-bond donors (Lipinski definition) is 1. The van der Waals surface area contributed by atoms with Gasteiger partial charge in [0.05, 0.1) is 0 Å². The average molecular weight is 151 g/mol. The Labute approximate surface area is 59.8 Å². The smallest absolute Gasteiger partial charge is 0.322 e. The van der Waals surface area contributed by atoms with E-state index in [9.17, 15) is 4.79 Å². The number of alkyl halides is 1. The minimum Gasteiger partial charge on any atom is -0.480 e. The highest BCUT2D eigenvalue weighted by atomic mass is 35.5. The first-order valence-electron chi connectivity index (χ1n) is 2.72. The van der Waals surface area contributed by atoms with Crippen molar-refractivity contribution in [3.05, 3.63) is 0 Å². The van der Waals surface area contributed by atoms with Gasteiger partial charge >= 0.3 is 5.97 Å². The fourth-order valence-corrected chi connectivity index (χ4v) is 0.370. The van der Waals surface area contributed by atoms with Crippen molar-refractivity contribution in [2.45, 2.75) is 26.1 Å². The number of halogens is 1. The third kappa shape index (κ3) is 2.70. The number of rotatable bonds is 1. The maximum atomic E-state index is 10.2. The van der Waals surface area contributed by atoms with Gasteiger partial charge in [-0.2, -0.15) is 0 Å². The van der Waals surface area contributed by atoms with Gasteiger partial charge in [0.15, 0.2) is 0 Å². The molecule has 0 aromatic heterocycles. The van der Waals surface area contributed by atoms with E-state index in [0.717, 1.165) is 0 Å². The highest BCUT2D eigenvalue weighted by molar-refractivity contribution is 6.30. The predicted octanol–water partition coefficient (Wildman–Crippen LogP) is 1.72. The van der Waals surface area contributed by atoms with E-state index in [1.807, 2.05) is 0 Å². The number of carboxylic acids is 1. The third-order valence-electron chi connectivity index (χ3n) is 0.977. The molecule has 0 aliphatic rings. The summed E-state index contributed by atoms with van der Waals surface area (Å²) in [5.74, 6) is -0.954. The summed E-state index contributed by atoms with van der Waals surface area (Å²) in [6, 6.07) is 0. The van der Waals surface area contributed by atoms with Crippen LogP contribution in [-0.4, -0.2) is 16.5 Å². The van der Waals surface area contributed by atoms with E-state index in [4.69, 9.17) is 16.7 Å². The molecule has 54 valence electrons. The standard InChI is InChI=1S/C6H11ClO2/c1-6(2,3)4(7)5(8)9/h4H,1-3H3,(H,8,9)/t4-/m0/s1. The van der Waals surface area contributed by atoms with Crippen LogP contribution in [0.5, 0.6) is 0 Å². The Kier molecular flexibility index (Phi) is 2.50. The molecule has 0 fully saturated rings. The Morgan fingerprint density at radius 2 is 1.89 bits per heavy atom. The largest absolute Gasteiger partial charge is 0.480 e. The fourth-order valence-electron chi connectivity index (χ4n) is 0.370. The van der Waals surface area contributed by atoms with Gasteiger partial charge in [0.25, 0.3) is 0 Å². The molecule has 0 saturated heterocycles. The molecule has 1 atom stereocenters. The van der Waals surface area contributed by atoms with Crippen LogP contribution in [-0.2, 0) is 4.79 Å². The van der Waals surface area contributed by atoms with Gasteiger partial charge in [-0.1, -0.05) is 20.8 Å². The van der Waals surface area contributed by atoms with Crippen molar-refractivity contribution in [3.8, 4) is 0 Å². The van der Waals surface area contributed by atoms with E-state index < -0.39 is 11.3 Å². The van der Waals surface area contributed by atoms with E-state index in [2.05, 4.69) is 0 Å². The molecule has 0 spiro atoms. The molecule has 0 aromatic carbocycles. The summed E-state index contributed by atoms with van der Waals surface area (Å²) in [6.45, 7) is 5.37. The molecule has 0 amide bonds. The molecule has 0 bridgehead atoms. The lowest BCUT2D eigenvalue weighted by Gasteiger charge is -2.20. The molecule has 0 aromatic rings. The van der Waals surface area contributed by atoms with E-state index in [1.165, 1.54) is 0 Å². The topological polar surface area (TPSA) is 37.3 Å². The number of carboxylic acid groups (broad SMARTS) is 1. The molecular weight excluding hydrogens is 140 g/mol. The van der Waals surface area contributed by atoms with Crippen molar-refractivity contribution < 1.29 is 9.90 Å². The van der Waals surface area contributed by atoms with E-state index >= 15 is 0 Å². The summed E-state index contributed by atoms with van der Waals surface area (Å²) < 4.78 is 0. The Balaban J connectivity index is 4.04. The summed E-state index contributed by atoms with van der Waals surface area (Å²) in [4.78, 5) is 10.2. The molecular formula is C6H11ClO2. The Morgan fingerprint density at radius 3 is 1.89 bits per heavy atom. The van der Waals surface area contributed by atoms with Gasteiger partial charge in [-0.25, -0.2) is 0 Å². The second kappa shape index (κ2) is 2.56. The SMILES string of the molecule is CC(C)(C)[C@@H](Cl)C(=O)O. The first-order chi connectivity index (χ1) is 3.85. The number of carbonyl (C=O) groups is 1. The van der Waals surface area contributed by atoms with Crippen LogP contribution in [0.2, 0.25) is 0 Å². The Hall–Kier alpha value is -0.240. The van der Waals surface area contributed by atoms with Crippen molar-refractivity contribution >= 4 is 17.6 Å². The second-order valence-corrected chi connectivity index (χ2v) is 3.50. The summed E-state index contributed by atoms with van der Waals surface area (Å²) in [7, 11) is 0. The van der Waals surface area contributed by atoms with Gasteiger partial charge in [-0.15, -0.1) is 11.6 Å². The monoisotopic (exact) mass is 150 g/mol. The first-order valence-corrected chi connectivity index (χ1v) is 3.16. The van der Waals surface area contributed by atoms with Gasteiger partial charge in [0, 0.05) is 0 Å². The van der Waals surface area contributed by atoms with Crippen LogP contribution in [0.15, 0.2) is 0 Å². The molecule has 2 nitrogen and oxygen atoms in total. The average Bonchev–Trinajstić information content (AvgIpc) is 1.62. The maximum Gasteiger partial charge on any atom is 0.322 e. The van der Waals surface area contributed by atoms with Crippen LogP contribution in [0.25, 0.3) is 0 Å². The lowest BCUT2D eigenvalue weighted by Crippen LogP contribution is -2.28. The molecule has 3 heteroatoms. The minimum atomic E-state index is -0.954. The molecule has 1 N–H and O–H groups in total. The van der Waals surface area contributed by atoms with Crippen molar-refractivity contribution in [2.24, 2.45) is 5.41 Å². The van der Waals surface area contributed by atoms with Gasteiger partial charge in [-0.3, -0.25) is 4.79 Å². The zero-order valence-corrected chi connectivity index (χ0v) is 6.57. The van der Waals surface area contributed by atoms with E-state index in [0.29, 0.717) is 0 Å². The maximum absolute atomic E-state index is 10.2. The van der Waals surface area contributed by atoms with E-state index in [1.54, 1.807) is 20.8 Å². The zero-order valence-electron chi connectivity index (χ0n) is 5.81. The van der Waals surface area contributed by atoms with Crippen LogP contribution in [0.4, 0.5) is 0 Å². The lowest BCUT2D eigenvalue weighted by atomic mass is 9.92. The van der Waals surface area contributed by atoms with Crippen LogP contribution in [0.1, 0.15) is 20.8 Å². The molecule has 9 heavy (non-hydrogen) atoms. The van der Waals surface area contributed by atoms with Gasteiger partial charge in [0.2, 0.25) is 0 Å². The van der Waals surface area contributed by atoms with Crippen molar-refractivity contribution in [2.75, 3.05) is 0 Å². The van der Waals surface area contributed by atoms with Crippen LogP contribution >= 0.6 is 11.6 Å². The molecule has 0 aliphatic heterocycles. The van der Waals surface area contributed by atoms with Crippen molar-refractivity contribution in [1.82, 2.24) is 0 Å². The second-order valence-electron chi connectivity index (χ2n) is 3.07. The minimum absolute atomic E-state index is 0.354. The van der Waals surface area contributed by atoms with Crippen LogP contribution in [0, 0.1) is 5.41 Å². The van der Waals surface area contributed by atoms with Gasteiger partial charge < -0.3 is 5.11 Å². The van der Waals surface area contributed by atoms with Gasteiger partial charge in [0.1, 0.15) is 5.38 Å². The fraction of sp³-hybridized carbons (Fsp3) is 0.833. The molecule has 0 rings (SSSR count). The van der Waals surface area contributed by atoms with Crippen LogP contribution in [0.3, 0.4) is 0 Å². The first kappa shape index (κ1) is 8.76. The Morgan fingerprint density at radius 1 is 1.56 bits per heavy atom. The zero-order chi connectivity index (χ0) is 7.65. The van der Waals surface area contributed by atoms with Crippen molar-refractivity contribution in [1.29, 1.82) is 0 Å². The molecule has 0 aliphatic carbocycles. The number of hydrogen-bond acceptors (Lipinski definition) is 1. The quantitative estimate of drug-likeness (QED) is 0.578.